The zero-order valence-electron chi connectivity index (χ0n) is 17.7. The third-order valence-electron chi connectivity index (χ3n) is 6.27. The summed E-state index contributed by atoms with van der Waals surface area (Å²) in [4.78, 5) is 38.2. The lowest BCUT2D eigenvalue weighted by molar-refractivity contribution is -0.128. The van der Waals surface area contributed by atoms with Gasteiger partial charge in [0.1, 0.15) is 18.7 Å². The molecule has 7 nitrogen and oxygen atoms in total. The fourth-order valence-electron chi connectivity index (χ4n) is 4.44. The highest BCUT2D eigenvalue weighted by atomic mass is 35.5. The molecule has 1 saturated heterocycles. The van der Waals surface area contributed by atoms with Gasteiger partial charge in [0.05, 0.1) is 16.1 Å². The number of halogens is 2. The fourth-order valence-corrected chi connectivity index (χ4v) is 4.92. The fraction of sp³-hybridized carbons (Fsp3) is 0.591. The van der Waals surface area contributed by atoms with E-state index in [1.54, 1.807) is 0 Å². The summed E-state index contributed by atoms with van der Waals surface area (Å²) >= 11 is 11.9. The predicted molar refractivity (Wildman–Crippen MR) is 118 cm³/mol. The summed E-state index contributed by atoms with van der Waals surface area (Å²) in [5.41, 5.74) is 0.0498. The molecular formula is C22H28Cl2N2O5. The van der Waals surface area contributed by atoms with Gasteiger partial charge in [0.15, 0.2) is 11.5 Å². The molecule has 0 unspecified atom stereocenters. The molecule has 1 heterocycles. The first-order chi connectivity index (χ1) is 14.6. The molecule has 0 radical (unpaired) electrons. The summed E-state index contributed by atoms with van der Waals surface area (Å²) in [6.07, 6.45) is 4.76. The van der Waals surface area contributed by atoms with Gasteiger partial charge in [-0.25, -0.2) is 0 Å². The minimum absolute atomic E-state index is 0.0251. The largest absolute Gasteiger partial charge is 0.505 e. The van der Waals surface area contributed by atoms with E-state index >= 15 is 0 Å². The standard InChI is InChI=1S/C22H28Cl2N2O5/c1-3-17-18(16(27)11-31-17)26-21(30)15(10-22(2)6-4-5-7-22)25-20(29)12-8-13(23)19(28)14(24)9-12/h8-9,15,17-18,28H,3-7,10-11H2,1-2H3,(H,25,29)(H,26,30)/t15-,17-,18+/m0/s1. The molecule has 0 bridgehead atoms. The number of nitrogens with one attached hydrogen (secondary N) is 2. The average molecular weight is 471 g/mol. The van der Waals surface area contributed by atoms with Crippen LogP contribution in [0.5, 0.6) is 5.75 Å². The van der Waals surface area contributed by atoms with E-state index < -0.39 is 23.9 Å². The smallest absolute Gasteiger partial charge is 0.252 e. The Morgan fingerprint density at radius 2 is 1.87 bits per heavy atom. The summed E-state index contributed by atoms with van der Waals surface area (Å²) in [6.45, 7) is 3.97. The highest BCUT2D eigenvalue weighted by molar-refractivity contribution is 6.37. The van der Waals surface area contributed by atoms with Crippen LogP contribution < -0.4 is 10.6 Å². The maximum absolute atomic E-state index is 13.2. The number of hydrogen-bond acceptors (Lipinski definition) is 5. The normalized spacial score (nSPS) is 23.5. The molecule has 1 aromatic carbocycles. The molecule has 3 rings (SSSR count). The van der Waals surface area contributed by atoms with Crippen molar-refractivity contribution in [3.05, 3.63) is 27.7 Å². The number of aromatic hydroxyl groups is 1. The van der Waals surface area contributed by atoms with Crippen LogP contribution in [-0.2, 0) is 14.3 Å². The molecule has 0 aromatic heterocycles. The molecule has 3 atom stereocenters. The lowest BCUT2D eigenvalue weighted by atomic mass is 9.81. The van der Waals surface area contributed by atoms with Gasteiger partial charge in [0.2, 0.25) is 5.91 Å². The van der Waals surface area contributed by atoms with E-state index in [0.717, 1.165) is 25.7 Å². The lowest BCUT2D eigenvalue weighted by Crippen LogP contribution is -2.54. The Hall–Kier alpha value is -1.83. The zero-order chi connectivity index (χ0) is 22.8. The molecule has 2 aliphatic rings. The number of phenolic OH excluding ortho intramolecular Hbond substituents is 1. The molecule has 1 aliphatic carbocycles. The Labute approximate surface area is 191 Å². The minimum atomic E-state index is -0.840. The van der Waals surface area contributed by atoms with E-state index in [1.807, 2.05) is 6.92 Å². The van der Waals surface area contributed by atoms with E-state index in [4.69, 9.17) is 27.9 Å². The van der Waals surface area contributed by atoms with Gasteiger partial charge in [-0.3, -0.25) is 14.4 Å². The van der Waals surface area contributed by atoms with Gasteiger partial charge < -0.3 is 20.5 Å². The van der Waals surface area contributed by atoms with Gasteiger partial charge in [-0.05, 0) is 43.2 Å². The van der Waals surface area contributed by atoms with E-state index in [2.05, 4.69) is 17.6 Å². The van der Waals surface area contributed by atoms with Gasteiger partial charge in [0.25, 0.3) is 5.91 Å². The van der Waals surface area contributed by atoms with Crippen LogP contribution in [0.15, 0.2) is 12.1 Å². The second-order valence-electron chi connectivity index (χ2n) is 8.75. The van der Waals surface area contributed by atoms with Crippen LogP contribution in [0.4, 0.5) is 0 Å². The third kappa shape index (κ3) is 5.51. The van der Waals surface area contributed by atoms with Crippen molar-refractivity contribution < 1.29 is 24.2 Å². The molecule has 2 fully saturated rings. The van der Waals surface area contributed by atoms with E-state index in [0.29, 0.717) is 12.8 Å². The number of rotatable bonds is 7. The molecule has 31 heavy (non-hydrogen) atoms. The number of benzene rings is 1. The second-order valence-corrected chi connectivity index (χ2v) is 9.56. The van der Waals surface area contributed by atoms with Crippen molar-refractivity contribution in [2.45, 2.75) is 70.6 Å². The number of hydrogen-bond donors (Lipinski definition) is 3. The Morgan fingerprint density at radius 3 is 2.45 bits per heavy atom. The summed E-state index contributed by atoms with van der Waals surface area (Å²) in [6, 6.07) is 1.04. The number of ketones is 1. The molecule has 9 heteroatoms. The highest BCUT2D eigenvalue weighted by Crippen LogP contribution is 2.41. The maximum Gasteiger partial charge on any atom is 0.252 e. The molecule has 1 aromatic rings. The van der Waals surface area contributed by atoms with Crippen LogP contribution in [0.25, 0.3) is 0 Å². The number of carbonyl (C=O) groups is 3. The Morgan fingerprint density at radius 1 is 1.26 bits per heavy atom. The predicted octanol–water partition coefficient (Wildman–Crippen LogP) is 3.63. The summed E-state index contributed by atoms with van der Waals surface area (Å²) in [7, 11) is 0. The molecule has 1 saturated carbocycles. The van der Waals surface area contributed by atoms with E-state index in [-0.39, 0.29) is 45.3 Å². The Bertz CT molecular complexity index is 846. The SMILES string of the molecule is CC[C@@H]1OCC(=O)[C@H]1NC(=O)[C@H](CC1(C)CCCC1)NC(=O)c1cc(Cl)c(O)c(Cl)c1. The van der Waals surface area contributed by atoms with Gasteiger partial charge in [0, 0.05) is 5.56 Å². The van der Waals surface area contributed by atoms with Crippen LogP contribution in [-0.4, -0.2) is 47.5 Å². The number of ether oxygens (including phenoxy) is 1. The van der Waals surface area contributed by atoms with Crippen molar-refractivity contribution in [1.82, 2.24) is 10.6 Å². The number of phenols is 1. The first-order valence-electron chi connectivity index (χ1n) is 10.6. The summed E-state index contributed by atoms with van der Waals surface area (Å²) < 4.78 is 5.44. The monoisotopic (exact) mass is 470 g/mol. The molecule has 0 spiro atoms. The van der Waals surface area contributed by atoms with Crippen molar-refractivity contribution in [3.8, 4) is 5.75 Å². The maximum atomic E-state index is 13.2. The lowest BCUT2D eigenvalue weighted by Gasteiger charge is -2.30. The third-order valence-corrected chi connectivity index (χ3v) is 6.84. The van der Waals surface area contributed by atoms with Crippen molar-refractivity contribution in [3.63, 3.8) is 0 Å². The summed E-state index contributed by atoms with van der Waals surface area (Å²) in [5.74, 6) is -1.43. The van der Waals surface area contributed by atoms with Crippen molar-refractivity contribution >= 4 is 40.8 Å². The van der Waals surface area contributed by atoms with E-state index in [1.165, 1.54) is 12.1 Å². The highest BCUT2D eigenvalue weighted by Gasteiger charge is 2.40. The van der Waals surface area contributed by atoms with Gasteiger partial charge >= 0.3 is 0 Å². The minimum Gasteiger partial charge on any atom is -0.505 e. The Kier molecular flexibility index (Phi) is 7.50. The van der Waals surface area contributed by atoms with Gasteiger partial charge in [-0.1, -0.05) is 49.9 Å². The van der Waals surface area contributed by atoms with Crippen LogP contribution in [0.1, 0.15) is 62.7 Å². The van der Waals surface area contributed by atoms with Crippen LogP contribution in [0, 0.1) is 5.41 Å². The van der Waals surface area contributed by atoms with E-state index in [9.17, 15) is 19.5 Å². The quantitative estimate of drug-likeness (QED) is 0.564. The van der Waals surface area contributed by atoms with Crippen LogP contribution in [0.3, 0.4) is 0 Å². The first-order valence-corrected chi connectivity index (χ1v) is 11.3. The van der Waals surface area contributed by atoms with Crippen molar-refractivity contribution in [2.24, 2.45) is 5.41 Å². The van der Waals surface area contributed by atoms with Gasteiger partial charge in [-0.15, -0.1) is 0 Å². The van der Waals surface area contributed by atoms with Crippen LogP contribution >= 0.6 is 23.2 Å². The van der Waals surface area contributed by atoms with Crippen molar-refractivity contribution in [1.29, 1.82) is 0 Å². The molecule has 1 aliphatic heterocycles. The zero-order valence-corrected chi connectivity index (χ0v) is 19.2. The number of carbonyl (C=O) groups excluding carboxylic acids is 3. The molecule has 3 N–H and O–H groups in total. The first kappa shape index (κ1) is 23.8. The van der Waals surface area contributed by atoms with Crippen LogP contribution in [0.2, 0.25) is 10.0 Å². The number of Topliss-reactive ketones (excluding diaryl/α,β-unsaturated/α-hetero) is 1. The number of amides is 2. The van der Waals surface area contributed by atoms with Gasteiger partial charge in [-0.2, -0.15) is 0 Å². The molecular weight excluding hydrogens is 443 g/mol. The average Bonchev–Trinajstić information content (AvgIpc) is 3.30. The molecule has 2 amide bonds. The topological polar surface area (TPSA) is 105 Å². The second kappa shape index (κ2) is 9.76. The summed E-state index contributed by atoms with van der Waals surface area (Å²) in [5, 5.41) is 15.2. The van der Waals surface area contributed by atoms with Crippen molar-refractivity contribution in [2.75, 3.05) is 6.61 Å². The Balaban J connectivity index is 1.79. The molecule has 170 valence electrons.